The molecule has 1 saturated heterocycles. The third kappa shape index (κ3) is 3.72. The Bertz CT molecular complexity index is 1130. The van der Waals surface area contributed by atoms with Gasteiger partial charge in [-0.05, 0) is 64.9 Å². The van der Waals surface area contributed by atoms with Gasteiger partial charge in [0, 0.05) is 29.8 Å². The Balaban J connectivity index is 1.46. The summed E-state index contributed by atoms with van der Waals surface area (Å²) >= 11 is 0. The van der Waals surface area contributed by atoms with Crippen molar-refractivity contribution in [2.75, 3.05) is 26.3 Å². The Morgan fingerprint density at radius 3 is 2.69 bits per heavy atom. The SMILES string of the molecule is CC(C)(C)OC(=O)N1CCC2(CCCc3[nH]c4nc(C5=CCOCC5)nn4c(=O)c32)CC1. The van der Waals surface area contributed by atoms with Crippen LogP contribution in [0.1, 0.15) is 70.0 Å². The van der Waals surface area contributed by atoms with Crippen molar-refractivity contribution in [1.29, 1.82) is 0 Å². The van der Waals surface area contributed by atoms with Gasteiger partial charge in [-0.2, -0.15) is 9.50 Å². The summed E-state index contributed by atoms with van der Waals surface area (Å²) in [5.74, 6) is 1.09. The number of aromatic nitrogens is 4. The van der Waals surface area contributed by atoms with E-state index in [0.717, 1.165) is 55.4 Å². The van der Waals surface area contributed by atoms with E-state index in [-0.39, 0.29) is 17.1 Å². The Labute approximate surface area is 186 Å². The van der Waals surface area contributed by atoms with Crippen molar-refractivity contribution in [2.24, 2.45) is 0 Å². The summed E-state index contributed by atoms with van der Waals surface area (Å²) in [4.78, 5) is 35.9. The van der Waals surface area contributed by atoms with Gasteiger partial charge in [0.15, 0.2) is 5.82 Å². The zero-order valence-corrected chi connectivity index (χ0v) is 19.1. The highest BCUT2D eigenvalue weighted by Crippen LogP contribution is 2.43. The summed E-state index contributed by atoms with van der Waals surface area (Å²) < 4.78 is 12.4. The molecule has 1 amide bonds. The molecule has 0 aromatic carbocycles. The Kier molecular flexibility index (Phi) is 5.11. The highest BCUT2D eigenvalue weighted by Gasteiger charge is 2.43. The number of aromatic amines is 1. The number of hydrogen-bond donors (Lipinski definition) is 1. The van der Waals surface area contributed by atoms with Gasteiger partial charge >= 0.3 is 6.09 Å². The van der Waals surface area contributed by atoms with E-state index in [1.54, 1.807) is 4.90 Å². The first-order chi connectivity index (χ1) is 15.3. The number of carbonyl (C=O) groups is 1. The van der Waals surface area contributed by atoms with Gasteiger partial charge < -0.3 is 19.4 Å². The predicted octanol–water partition coefficient (Wildman–Crippen LogP) is 2.83. The molecule has 0 unspecified atom stereocenters. The van der Waals surface area contributed by atoms with Crippen LogP contribution >= 0.6 is 0 Å². The molecule has 1 aliphatic carbocycles. The number of H-pyrrole nitrogens is 1. The van der Waals surface area contributed by atoms with Crippen molar-refractivity contribution in [3.05, 3.63) is 33.5 Å². The lowest BCUT2D eigenvalue weighted by Crippen LogP contribution is -2.50. The molecule has 1 fully saturated rings. The molecule has 9 heteroatoms. The van der Waals surface area contributed by atoms with E-state index < -0.39 is 5.60 Å². The molecule has 2 aromatic heterocycles. The molecule has 4 heterocycles. The van der Waals surface area contributed by atoms with E-state index in [4.69, 9.17) is 9.47 Å². The van der Waals surface area contributed by atoms with Crippen LogP contribution in [0.15, 0.2) is 10.9 Å². The molecule has 1 N–H and O–H groups in total. The third-order valence-corrected chi connectivity index (χ3v) is 6.81. The first kappa shape index (κ1) is 21.2. The summed E-state index contributed by atoms with van der Waals surface area (Å²) in [7, 11) is 0. The first-order valence-corrected chi connectivity index (χ1v) is 11.5. The minimum absolute atomic E-state index is 0.0782. The number of amides is 1. The van der Waals surface area contributed by atoms with Gasteiger partial charge in [-0.3, -0.25) is 4.79 Å². The second kappa shape index (κ2) is 7.72. The predicted molar refractivity (Wildman–Crippen MR) is 119 cm³/mol. The van der Waals surface area contributed by atoms with E-state index in [2.05, 4.69) is 15.1 Å². The zero-order valence-electron chi connectivity index (χ0n) is 19.1. The summed E-state index contributed by atoms with van der Waals surface area (Å²) in [6, 6.07) is 0. The van der Waals surface area contributed by atoms with Crippen molar-refractivity contribution in [3.63, 3.8) is 0 Å². The molecule has 1 spiro atoms. The lowest BCUT2D eigenvalue weighted by molar-refractivity contribution is 0.0153. The van der Waals surface area contributed by atoms with E-state index in [1.807, 2.05) is 26.8 Å². The van der Waals surface area contributed by atoms with Crippen LogP contribution in [0.3, 0.4) is 0 Å². The van der Waals surface area contributed by atoms with Crippen LogP contribution in [-0.2, 0) is 21.3 Å². The van der Waals surface area contributed by atoms with Gasteiger partial charge in [-0.1, -0.05) is 6.08 Å². The fourth-order valence-electron chi connectivity index (χ4n) is 5.24. The van der Waals surface area contributed by atoms with Gasteiger partial charge in [0.05, 0.1) is 13.2 Å². The lowest BCUT2D eigenvalue weighted by atomic mass is 9.66. The van der Waals surface area contributed by atoms with Crippen LogP contribution in [-0.4, -0.2) is 62.5 Å². The average Bonchev–Trinajstić information content (AvgIpc) is 3.18. The molecule has 32 heavy (non-hydrogen) atoms. The molecule has 2 aliphatic heterocycles. The minimum Gasteiger partial charge on any atom is -0.444 e. The fraction of sp³-hybridized carbons (Fsp3) is 0.652. The number of aryl methyl sites for hydroxylation is 1. The third-order valence-electron chi connectivity index (χ3n) is 6.81. The summed E-state index contributed by atoms with van der Waals surface area (Å²) in [6.07, 6.45) is 6.73. The molecular weight excluding hydrogens is 410 g/mol. The van der Waals surface area contributed by atoms with Crippen molar-refractivity contribution in [1.82, 2.24) is 24.5 Å². The quantitative estimate of drug-likeness (QED) is 0.730. The fourth-order valence-corrected chi connectivity index (χ4v) is 5.24. The van der Waals surface area contributed by atoms with E-state index >= 15 is 0 Å². The number of hydrogen-bond acceptors (Lipinski definition) is 6. The number of fused-ring (bicyclic) bond motifs is 3. The van der Waals surface area contributed by atoms with Crippen molar-refractivity contribution < 1.29 is 14.3 Å². The monoisotopic (exact) mass is 441 g/mol. The smallest absolute Gasteiger partial charge is 0.410 e. The first-order valence-electron chi connectivity index (χ1n) is 11.5. The second-order valence-corrected chi connectivity index (χ2v) is 10.1. The van der Waals surface area contributed by atoms with Gasteiger partial charge in [-0.15, -0.1) is 5.10 Å². The number of rotatable bonds is 1. The number of carbonyl (C=O) groups excluding carboxylic acids is 1. The maximum atomic E-state index is 13.6. The van der Waals surface area contributed by atoms with Crippen LogP contribution in [0.25, 0.3) is 11.4 Å². The van der Waals surface area contributed by atoms with Crippen molar-refractivity contribution in [3.8, 4) is 0 Å². The highest BCUT2D eigenvalue weighted by atomic mass is 16.6. The van der Waals surface area contributed by atoms with E-state index in [9.17, 15) is 9.59 Å². The zero-order chi connectivity index (χ0) is 22.5. The molecule has 0 bridgehead atoms. The summed E-state index contributed by atoms with van der Waals surface area (Å²) in [5.41, 5.74) is 1.99. The molecule has 3 aliphatic rings. The molecule has 2 aromatic rings. The molecule has 172 valence electrons. The molecule has 5 rings (SSSR count). The summed E-state index contributed by atoms with van der Waals surface area (Å²) in [6.45, 7) is 7.99. The van der Waals surface area contributed by atoms with Crippen LogP contribution < -0.4 is 5.56 Å². The number of piperidine rings is 1. The standard InChI is InChI=1S/C23H31N5O4/c1-22(2,3)32-21(30)27-11-9-23(10-12-27)8-4-5-16-17(23)19(29)28-20(24-16)25-18(26-28)15-6-13-31-14-7-15/h6H,4-5,7-14H2,1-3H3,(H,24,25,26). The van der Waals surface area contributed by atoms with Gasteiger partial charge in [0.1, 0.15) is 5.60 Å². The molecule has 0 saturated carbocycles. The maximum absolute atomic E-state index is 13.6. The highest BCUT2D eigenvalue weighted by molar-refractivity contribution is 5.68. The lowest BCUT2D eigenvalue weighted by Gasteiger charge is -2.44. The van der Waals surface area contributed by atoms with Crippen molar-refractivity contribution >= 4 is 17.4 Å². The normalized spacial score (nSPS) is 20.8. The van der Waals surface area contributed by atoms with Crippen LogP contribution in [0.2, 0.25) is 0 Å². The van der Waals surface area contributed by atoms with Crippen LogP contribution in [0.4, 0.5) is 4.79 Å². The Morgan fingerprint density at radius 2 is 2.00 bits per heavy atom. The maximum Gasteiger partial charge on any atom is 0.410 e. The Morgan fingerprint density at radius 1 is 1.22 bits per heavy atom. The minimum atomic E-state index is -0.517. The largest absolute Gasteiger partial charge is 0.444 e. The van der Waals surface area contributed by atoms with Crippen molar-refractivity contribution in [2.45, 2.75) is 70.3 Å². The van der Waals surface area contributed by atoms with Gasteiger partial charge in [0.2, 0.25) is 5.78 Å². The van der Waals surface area contributed by atoms with Crippen LogP contribution in [0, 0.1) is 0 Å². The molecular formula is C23H31N5O4. The Hall–Kier alpha value is -2.68. The van der Waals surface area contributed by atoms with Crippen LogP contribution in [0.5, 0.6) is 0 Å². The molecule has 0 atom stereocenters. The van der Waals surface area contributed by atoms with Gasteiger partial charge in [0.25, 0.3) is 5.56 Å². The molecule has 9 nitrogen and oxygen atoms in total. The second-order valence-electron chi connectivity index (χ2n) is 10.1. The number of likely N-dealkylation sites (tertiary alicyclic amines) is 1. The van der Waals surface area contributed by atoms with Gasteiger partial charge in [-0.25, -0.2) is 4.79 Å². The summed E-state index contributed by atoms with van der Waals surface area (Å²) in [5, 5.41) is 4.56. The number of ether oxygens (including phenoxy) is 2. The average molecular weight is 442 g/mol. The van der Waals surface area contributed by atoms with E-state index in [0.29, 0.717) is 37.9 Å². The number of nitrogens with one attached hydrogen (secondary N) is 1. The number of nitrogens with zero attached hydrogens (tertiary/aromatic N) is 4. The molecule has 0 radical (unpaired) electrons. The van der Waals surface area contributed by atoms with E-state index in [1.165, 1.54) is 4.52 Å². The topological polar surface area (TPSA) is 102 Å².